The topological polar surface area (TPSA) is 84.7 Å². The van der Waals surface area contributed by atoms with Gasteiger partial charge in [0.25, 0.3) is 11.5 Å². The monoisotopic (exact) mass is 520 g/mol. The van der Waals surface area contributed by atoms with Crippen molar-refractivity contribution in [3.05, 3.63) is 92.3 Å². The highest BCUT2D eigenvalue weighted by molar-refractivity contribution is 7.12. The van der Waals surface area contributed by atoms with Gasteiger partial charge in [-0.25, -0.2) is 14.2 Å². The van der Waals surface area contributed by atoms with Crippen LogP contribution in [0.15, 0.2) is 64.9 Å². The summed E-state index contributed by atoms with van der Waals surface area (Å²) in [6, 6.07) is 13.1. The van der Waals surface area contributed by atoms with Gasteiger partial charge in [0, 0.05) is 37.8 Å². The van der Waals surface area contributed by atoms with E-state index in [9.17, 15) is 18.8 Å². The number of nitrogens with zero attached hydrogens (tertiary/aromatic N) is 4. The number of ether oxygens (including phenoxy) is 1. The normalized spacial score (nSPS) is 13.7. The largest absolute Gasteiger partial charge is 0.462 e. The summed E-state index contributed by atoms with van der Waals surface area (Å²) in [7, 11) is 0. The van der Waals surface area contributed by atoms with Gasteiger partial charge in [-0.15, -0.1) is 11.3 Å². The molecule has 1 aromatic carbocycles. The number of thiophene rings is 1. The fourth-order valence-electron chi connectivity index (χ4n) is 4.59. The molecular formula is C27H25FN4O4S. The summed E-state index contributed by atoms with van der Waals surface area (Å²) >= 11 is 1.40. The molecule has 8 nitrogen and oxygen atoms in total. The molecule has 0 bridgehead atoms. The maximum absolute atomic E-state index is 13.8. The summed E-state index contributed by atoms with van der Waals surface area (Å²) in [5, 5.41) is 2.50. The van der Waals surface area contributed by atoms with Gasteiger partial charge in [-0.05, 0) is 48.2 Å². The molecule has 3 aromatic heterocycles. The fraction of sp³-hybridized carbons (Fsp3) is 0.259. The maximum Gasteiger partial charge on any atom is 0.345 e. The molecular weight excluding hydrogens is 495 g/mol. The van der Waals surface area contributed by atoms with Crippen LogP contribution in [-0.4, -0.2) is 59.1 Å². The van der Waals surface area contributed by atoms with E-state index in [1.807, 2.05) is 22.4 Å². The second-order valence-corrected chi connectivity index (χ2v) is 9.54. The number of hydrogen-bond acceptors (Lipinski definition) is 7. The van der Waals surface area contributed by atoms with E-state index in [1.54, 1.807) is 42.3 Å². The number of pyridine rings is 2. The van der Waals surface area contributed by atoms with Crippen molar-refractivity contribution in [2.24, 2.45) is 0 Å². The quantitative estimate of drug-likeness (QED) is 0.360. The first-order valence-electron chi connectivity index (χ1n) is 12.0. The first-order chi connectivity index (χ1) is 18.0. The second kappa shape index (κ2) is 10.5. The van der Waals surface area contributed by atoms with Gasteiger partial charge in [0.05, 0.1) is 23.7 Å². The van der Waals surface area contributed by atoms with Crippen molar-refractivity contribution in [1.82, 2.24) is 14.5 Å². The molecule has 0 atom stereocenters. The molecule has 1 aliphatic heterocycles. The molecule has 0 N–H and O–H groups in total. The van der Waals surface area contributed by atoms with Crippen molar-refractivity contribution in [2.75, 3.05) is 37.7 Å². The zero-order valence-electron chi connectivity index (χ0n) is 20.2. The molecule has 190 valence electrons. The van der Waals surface area contributed by atoms with Crippen LogP contribution in [0.2, 0.25) is 0 Å². The Morgan fingerprint density at radius 1 is 1.05 bits per heavy atom. The van der Waals surface area contributed by atoms with Crippen LogP contribution in [0.4, 0.5) is 10.1 Å². The minimum absolute atomic E-state index is 0.0264. The number of hydrogen-bond donors (Lipinski definition) is 0. The first-order valence-corrected chi connectivity index (χ1v) is 12.9. The lowest BCUT2D eigenvalue weighted by molar-refractivity contribution is 0.0523. The number of anilines is 1. The Labute approximate surface area is 216 Å². The number of rotatable bonds is 6. The van der Waals surface area contributed by atoms with E-state index in [4.69, 9.17) is 4.74 Å². The lowest BCUT2D eigenvalue weighted by Crippen LogP contribution is -2.49. The molecule has 4 heterocycles. The van der Waals surface area contributed by atoms with E-state index in [0.29, 0.717) is 53.3 Å². The molecule has 1 aliphatic rings. The van der Waals surface area contributed by atoms with E-state index in [-0.39, 0.29) is 30.4 Å². The number of fused-ring (bicyclic) bond motifs is 1. The van der Waals surface area contributed by atoms with Crippen LogP contribution in [0.3, 0.4) is 0 Å². The van der Waals surface area contributed by atoms with Crippen LogP contribution in [0.25, 0.3) is 11.0 Å². The number of benzene rings is 1. The summed E-state index contributed by atoms with van der Waals surface area (Å²) in [4.78, 5) is 48.7. The highest BCUT2D eigenvalue weighted by atomic mass is 32.1. The van der Waals surface area contributed by atoms with E-state index in [0.717, 1.165) is 0 Å². The van der Waals surface area contributed by atoms with Crippen molar-refractivity contribution in [3.63, 3.8) is 0 Å². The third-order valence-corrected chi connectivity index (χ3v) is 7.20. The molecule has 0 radical (unpaired) electrons. The number of aromatic nitrogens is 2. The predicted molar refractivity (Wildman–Crippen MR) is 140 cm³/mol. The highest BCUT2D eigenvalue weighted by Crippen LogP contribution is 2.30. The van der Waals surface area contributed by atoms with E-state index >= 15 is 0 Å². The molecule has 1 amide bonds. The molecule has 4 aromatic rings. The van der Waals surface area contributed by atoms with Crippen molar-refractivity contribution in [3.8, 4) is 0 Å². The van der Waals surface area contributed by atoms with E-state index in [1.165, 1.54) is 28.0 Å². The van der Waals surface area contributed by atoms with Crippen LogP contribution >= 0.6 is 11.3 Å². The number of carbonyl (C=O) groups is 2. The van der Waals surface area contributed by atoms with Gasteiger partial charge in [0.15, 0.2) is 0 Å². The molecule has 0 unspecified atom stereocenters. The molecule has 0 spiro atoms. The van der Waals surface area contributed by atoms with E-state index < -0.39 is 11.5 Å². The Balaban J connectivity index is 1.57. The van der Waals surface area contributed by atoms with Crippen LogP contribution < -0.4 is 10.5 Å². The Morgan fingerprint density at radius 2 is 1.81 bits per heavy atom. The number of piperazine rings is 1. The van der Waals surface area contributed by atoms with Gasteiger partial charge in [-0.2, -0.15) is 0 Å². The Kier molecular flexibility index (Phi) is 7.00. The third kappa shape index (κ3) is 4.84. The lowest BCUT2D eigenvalue weighted by atomic mass is 10.1. The number of carbonyl (C=O) groups excluding carboxylic acids is 2. The van der Waals surface area contributed by atoms with Crippen molar-refractivity contribution >= 4 is 39.9 Å². The third-order valence-electron chi connectivity index (χ3n) is 6.34. The summed E-state index contributed by atoms with van der Waals surface area (Å²) < 4.78 is 20.2. The highest BCUT2D eigenvalue weighted by Gasteiger charge is 2.30. The second-order valence-electron chi connectivity index (χ2n) is 8.59. The zero-order chi connectivity index (χ0) is 25.9. The van der Waals surface area contributed by atoms with Crippen LogP contribution in [0.5, 0.6) is 0 Å². The molecule has 5 rings (SSSR count). The summed E-state index contributed by atoms with van der Waals surface area (Å²) in [5.41, 5.74) is 0.976. The number of esters is 1. The van der Waals surface area contributed by atoms with Crippen molar-refractivity contribution in [2.45, 2.75) is 13.5 Å². The average molecular weight is 521 g/mol. The maximum atomic E-state index is 13.8. The summed E-state index contributed by atoms with van der Waals surface area (Å²) in [6.45, 7) is 3.68. The Hall–Kier alpha value is -4.05. The van der Waals surface area contributed by atoms with Crippen molar-refractivity contribution in [1.29, 1.82) is 0 Å². The van der Waals surface area contributed by atoms with Gasteiger partial charge >= 0.3 is 5.97 Å². The van der Waals surface area contributed by atoms with Crippen LogP contribution in [-0.2, 0) is 11.3 Å². The predicted octanol–water partition coefficient (Wildman–Crippen LogP) is 3.78. The Morgan fingerprint density at radius 3 is 2.49 bits per heavy atom. The van der Waals surface area contributed by atoms with Gasteiger partial charge in [-0.1, -0.05) is 18.2 Å². The standard InChI is InChI=1S/C27H25FN4O4S/c1-2-36-27(35)22-23(30-12-14-31(15-13-30)25(33)21-6-4-16-37-21)20-5-3-11-29-24(20)32(26(22)34)17-18-7-9-19(28)10-8-18/h3-11,16H,2,12-15,17H2,1H3. The van der Waals surface area contributed by atoms with Crippen LogP contribution in [0, 0.1) is 5.82 Å². The molecule has 0 saturated carbocycles. The first kappa shape index (κ1) is 24.6. The minimum Gasteiger partial charge on any atom is -0.462 e. The van der Waals surface area contributed by atoms with Crippen LogP contribution in [0.1, 0.15) is 32.5 Å². The summed E-state index contributed by atoms with van der Waals surface area (Å²) in [6.07, 6.45) is 1.59. The van der Waals surface area contributed by atoms with Gasteiger partial charge < -0.3 is 14.5 Å². The molecule has 0 aliphatic carbocycles. The van der Waals surface area contributed by atoms with Crippen molar-refractivity contribution < 1.29 is 18.7 Å². The SMILES string of the molecule is CCOC(=O)c1c(N2CCN(C(=O)c3cccs3)CC2)c2cccnc2n(Cc2ccc(F)cc2)c1=O. The lowest BCUT2D eigenvalue weighted by Gasteiger charge is -2.37. The number of halogens is 1. The van der Waals surface area contributed by atoms with Gasteiger partial charge in [0.2, 0.25) is 0 Å². The average Bonchev–Trinajstić information content (AvgIpc) is 3.46. The molecule has 1 saturated heterocycles. The van der Waals surface area contributed by atoms with E-state index in [2.05, 4.69) is 4.98 Å². The zero-order valence-corrected chi connectivity index (χ0v) is 21.0. The van der Waals surface area contributed by atoms with Gasteiger partial charge in [-0.3, -0.25) is 14.2 Å². The molecule has 10 heteroatoms. The van der Waals surface area contributed by atoms with Gasteiger partial charge in [0.1, 0.15) is 17.0 Å². The number of amides is 1. The molecule has 1 fully saturated rings. The Bertz CT molecular complexity index is 1490. The molecule has 37 heavy (non-hydrogen) atoms. The smallest absolute Gasteiger partial charge is 0.345 e. The fourth-order valence-corrected chi connectivity index (χ4v) is 5.28. The minimum atomic E-state index is -0.710. The summed E-state index contributed by atoms with van der Waals surface area (Å²) in [5.74, 6) is -1.11.